The molecule has 0 radical (unpaired) electrons. The zero-order chi connectivity index (χ0) is 11.9. The number of hydrogen-bond donors (Lipinski definition) is 0. The first-order valence-corrected chi connectivity index (χ1v) is 8.36. The Kier molecular flexibility index (Phi) is 5.88. The van der Waals surface area contributed by atoms with Gasteiger partial charge in [0.1, 0.15) is 0 Å². The topological polar surface area (TPSA) is 0 Å². The Morgan fingerprint density at radius 2 is 0.882 bits per heavy atom. The molecule has 0 atom stereocenters. The maximum atomic E-state index is 2.45. The third-order valence-corrected chi connectivity index (χ3v) is 5.36. The highest BCUT2D eigenvalue weighted by molar-refractivity contribution is 4.75. The van der Waals surface area contributed by atoms with E-state index >= 15 is 0 Å². The van der Waals surface area contributed by atoms with E-state index < -0.39 is 0 Å². The van der Waals surface area contributed by atoms with Crippen molar-refractivity contribution in [3.8, 4) is 0 Å². The third-order valence-electron chi connectivity index (χ3n) is 5.36. The second-order valence-corrected chi connectivity index (χ2v) is 6.83. The minimum atomic E-state index is 1.01. The number of hydrogen-bond acceptors (Lipinski definition) is 0. The van der Waals surface area contributed by atoms with Crippen LogP contribution >= 0.6 is 0 Å². The molecular weight excluding hydrogens is 204 g/mol. The van der Waals surface area contributed by atoms with E-state index in [1.165, 1.54) is 57.8 Å². The Balaban J connectivity index is 1.81. The zero-order valence-electron chi connectivity index (χ0n) is 11.9. The van der Waals surface area contributed by atoms with Crippen LogP contribution in [0.15, 0.2) is 0 Å². The molecule has 0 N–H and O–H groups in total. The first-order chi connectivity index (χ1) is 8.36. The molecule has 0 heteroatoms. The van der Waals surface area contributed by atoms with Crippen LogP contribution < -0.4 is 0 Å². The molecule has 0 aromatic rings. The first kappa shape index (κ1) is 13.4. The maximum absolute atomic E-state index is 2.45. The minimum absolute atomic E-state index is 1.01. The third kappa shape index (κ3) is 4.64. The van der Waals surface area contributed by atoms with Crippen molar-refractivity contribution in [2.45, 2.75) is 90.4 Å². The van der Waals surface area contributed by atoms with Crippen molar-refractivity contribution in [1.82, 2.24) is 0 Å². The highest BCUT2D eigenvalue weighted by Crippen LogP contribution is 2.36. The second kappa shape index (κ2) is 7.44. The minimum Gasteiger partial charge on any atom is -0.0625 e. The van der Waals surface area contributed by atoms with E-state index in [-0.39, 0.29) is 0 Å². The van der Waals surface area contributed by atoms with E-state index in [2.05, 4.69) is 6.92 Å². The summed E-state index contributed by atoms with van der Waals surface area (Å²) >= 11 is 0. The van der Waals surface area contributed by atoms with Crippen LogP contribution in [0.4, 0.5) is 0 Å². The van der Waals surface area contributed by atoms with Crippen molar-refractivity contribution < 1.29 is 0 Å². The van der Waals surface area contributed by atoms with Crippen LogP contribution in [0.25, 0.3) is 0 Å². The average Bonchev–Trinajstić information content (AvgIpc) is 2.23. The standard InChI is InChI=1S/C17H32/c1-15-9-7-13-17(14-8-10-15)16-11-5-3-2-4-6-12-16/h15-17H,2-14H2,1H3. The fraction of sp³-hybridized carbons (Fsp3) is 1.00. The van der Waals surface area contributed by atoms with Crippen LogP contribution in [0.3, 0.4) is 0 Å². The lowest BCUT2D eigenvalue weighted by atomic mass is 9.75. The maximum Gasteiger partial charge on any atom is -0.0386 e. The first-order valence-electron chi connectivity index (χ1n) is 8.36. The molecule has 0 unspecified atom stereocenters. The molecule has 0 aromatic carbocycles. The van der Waals surface area contributed by atoms with Crippen LogP contribution in [0, 0.1) is 17.8 Å². The molecule has 2 fully saturated rings. The highest BCUT2D eigenvalue weighted by atomic mass is 14.3. The molecule has 0 amide bonds. The molecule has 2 aliphatic carbocycles. The van der Waals surface area contributed by atoms with E-state index in [9.17, 15) is 0 Å². The van der Waals surface area contributed by atoms with Gasteiger partial charge in [-0.25, -0.2) is 0 Å². The Morgan fingerprint density at radius 3 is 1.41 bits per heavy atom. The van der Waals surface area contributed by atoms with Gasteiger partial charge >= 0.3 is 0 Å². The lowest BCUT2D eigenvalue weighted by Crippen LogP contribution is -2.18. The normalized spacial score (nSPS) is 34.4. The molecular formula is C17H32. The molecule has 0 saturated heterocycles. The van der Waals surface area contributed by atoms with Gasteiger partial charge < -0.3 is 0 Å². The SMILES string of the molecule is CC1CCCC(C2CCCCCCC2)CCC1. The summed E-state index contributed by atoms with van der Waals surface area (Å²) in [5, 5.41) is 0. The van der Waals surface area contributed by atoms with E-state index in [1.54, 1.807) is 25.7 Å². The molecule has 0 nitrogen and oxygen atoms in total. The van der Waals surface area contributed by atoms with Crippen LogP contribution in [0.2, 0.25) is 0 Å². The molecule has 2 saturated carbocycles. The van der Waals surface area contributed by atoms with Gasteiger partial charge in [-0.05, 0) is 17.8 Å². The van der Waals surface area contributed by atoms with Crippen LogP contribution in [0.1, 0.15) is 90.4 Å². The van der Waals surface area contributed by atoms with Crippen molar-refractivity contribution >= 4 is 0 Å². The highest BCUT2D eigenvalue weighted by Gasteiger charge is 2.23. The fourth-order valence-electron chi connectivity index (χ4n) is 4.18. The molecule has 0 bridgehead atoms. The Morgan fingerprint density at radius 1 is 0.471 bits per heavy atom. The molecule has 17 heavy (non-hydrogen) atoms. The summed E-state index contributed by atoms with van der Waals surface area (Å²) in [6.07, 6.45) is 19.8. The van der Waals surface area contributed by atoms with Gasteiger partial charge in [0.15, 0.2) is 0 Å². The molecule has 0 aliphatic heterocycles. The van der Waals surface area contributed by atoms with Gasteiger partial charge in [-0.15, -0.1) is 0 Å². The summed E-state index contributed by atoms with van der Waals surface area (Å²) in [7, 11) is 0. The summed E-state index contributed by atoms with van der Waals surface area (Å²) in [4.78, 5) is 0. The summed E-state index contributed by atoms with van der Waals surface area (Å²) in [5.41, 5.74) is 0. The molecule has 0 spiro atoms. The van der Waals surface area contributed by atoms with E-state index in [4.69, 9.17) is 0 Å². The number of rotatable bonds is 1. The lowest BCUT2D eigenvalue weighted by molar-refractivity contribution is 0.210. The predicted molar refractivity (Wildman–Crippen MR) is 76.2 cm³/mol. The van der Waals surface area contributed by atoms with Crippen LogP contribution in [-0.2, 0) is 0 Å². The monoisotopic (exact) mass is 236 g/mol. The Labute approximate surface area is 109 Å². The van der Waals surface area contributed by atoms with Crippen molar-refractivity contribution in [3.05, 3.63) is 0 Å². The van der Waals surface area contributed by atoms with Gasteiger partial charge in [0.05, 0.1) is 0 Å². The average molecular weight is 236 g/mol. The molecule has 2 aliphatic rings. The van der Waals surface area contributed by atoms with Gasteiger partial charge in [0.25, 0.3) is 0 Å². The fourth-order valence-corrected chi connectivity index (χ4v) is 4.18. The quantitative estimate of drug-likeness (QED) is 0.527. The van der Waals surface area contributed by atoms with Gasteiger partial charge in [-0.2, -0.15) is 0 Å². The largest absolute Gasteiger partial charge is 0.0625 e. The molecule has 0 aromatic heterocycles. The summed E-state index contributed by atoms with van der Waals surface area (Å²) in [6, 6.07) is 0. The van der Waals surface area contributed by atoms with Crippen molar-refractivity contribution in [1.29, 1.82) is 0 Å². The summed E-state index contributed by atoms with van der Waals surface area (Å²) in [6.45, 7) is 2.45. The van der Waals surface area contributed by atoms with Gasteiger partial charge in [0.2, 0.25) is 0 Å². The van der Waals surface area contributed by atoms with Crippen LogP contribution in [0.5, 0.6) is 0 Å². The summed E-state index contributed by atoms with van der Waals surface area (Å²) in [5.74, 6) is 3.21. The predicted octanol–water partition coefficient (Wildman–Crippen LogP) is 5.95. The molecule has 100 valence electrons. The smallest absolute Gasteiger partial charge is 0.0386 e. The van der Waals surface area contributed by atoms with Crippen molar-refractivity contribution in [3.63, 3.8) is 0 Å². The summed E-state index contributed by atoms with van der Waals surface area (Å²) < 4.78 is 0. The van der Waals surface area contributed by atoms with E-state index in [0.717, 1.165) is 17.8 Å². The lowest BCUT2D eigenvalue weighted by Gasteiger charge is -2.31. The molecule has 0 heterocycles. The van der Waals surface area contributed by atoms with Crippen molar-refractivity contribution in [2.24, 2.45) is 17.8 Å². The van der Waals surface area contributed by atoms with Crippen LogP contribution in [-0.4, -0.2) is 0 Å². The molecule has 2 rings (SSSR count). The second-order valence-electron chi connectivity index (χ2n) is 6.83. The van der Waals surface area contributed by atoms with Gasteiger partial charge in [0, 0.05) is 0 Å². The Bertz CT molecular complexity index is 178. The Hall–Kier alpha value is 0. The van der Waals surface area contributed by atoms with E-state index in [1.807, 2.05) is 0 Å². The van der Waals surface area contributed by atoms with Crippen molar-refractivity contribution in [2.75, 3.05) is 0 Å². The van der Waals surface area contributed by atoms with Gasteiger partial charge in [-0.1, -0.05) is 90.4 Å². The zero-order valence-corrected chi connectivity index (χ0v) is 11.9. The van der Waals surface area contributed by atoms with Gasteiger partial charge in [-0.3, -0.25) is 0 Å². The van der Waals surface area contributed by atoms with E-state index in [0.29, 0.717) is 0 Å².